The minimum absolute atomic E-state index is 0.0432. The number of benzene rings is 1. The third kappa shape index (κ3) is 2.89. The number of carboxylic acids is 1. The first-order valence-electron chi connectivity index (χ1n) is 6.78. The summed E-state index contributed by atoms with van der Waals surface area (Å²) in [6.07, 6.45) is 0.0432. The van der Waals surface area contributed by atoms with E-state index in [4.69, 9.17) is 4.74 Å². The lowest BCUT2D eigenvalue weighted by Gasteiger charge is -2.22. The standard InChI is InChI=1S/C15H18N2O4/c1-4-21-15(20)11-8-13(14(18)19)17(16-11)12-7-5-6-9(2)10(12)3/h5-7,13H,4,8H2,1-3H3,(H,18,19). The SMILES string of the molecule is CCOC(=O)C1=NN(c2cccc(C)c2C)C(C(=O)O)C1. The zero-order valence-electron chi connectivity index (χ0n) is 12.3. The van der Waals surface area contributed by atoms with Crippen LogP contribution in [0.2, 0.25) is 0 Å². The highest BCUT2D eigenvalue weighted by Gasteiger charge is 2.37. The number of aliphatic carboxylic acids is 1. The quantitative estimate of drug-likeness (QED) is 0.857. The van der Waals surface area contributed by atoms with Gasteiger partial charge in [0, 0.05) is 6.42 Å². The van der Waals surface area contributed by atoms with E-state index in [1.165, 1.54) is 5.01 Å². The van der Waals surface area contributed by atoms with Crippen LogP contribution in [0.4, 0.5) is 5.69 Å². The summed E-state index contributed by atoms with van der Waals surface area (Å²) >= 11 is 0. The van der Waals surface area contributed by atoms with Crippen molar-refractivity contribution in [3.8, 4) is 0 Å². The number of hydrogen-bond donors (Lipinski definition) is 1. The highest BCUT2D eigenvalue weighted by atomic mass is 16.5. The number of esters is 1. The normalized spacial score (nSPS) is 17.6. The lowest BCUT2D eigenvalue weighted by Crippen LogP contribution is -2.35. The number of aryl methyl sites for hydroxylation is 1. The van der Waals surface area contributed by atoms with Gasteiger partial charge in [-0.15, -0.1) is 0 Å². The van der Waals surface area contributed by atoms with Gasteiger partial charge >= 0.3 is 11.9 Å². The molecule has 1 aromatic carbocycles. The number of carboxylic acid groups (broad SMARTS) is 1. The van der Waals surface area contributed by atoms with Crippen LogP contribution >= 0.6 is 0 Å². The van der Waals surface area contributed by atoms with Crippen molar-refractivity contribution in [3.05, 3.63) is 29.3 Å². The summed E-state index contributed by atoms with van der Waals surface area (Å²) in [7, 11) is 0. The van der Waals surface area contributed by atoms with Crippen molar-refractivity contribution in [1.82, 2.24) is 0 Å². The van der Waals surface area contributed by atoms with E-state index in [0.717, 1.165) is 11.1 Å². The number of rotatable bonds is 4. The van der Waals surface area contributed by atoms with Crippen molar-refractivity contribution in [1.29, 1.82) is 0 Å². The predicted molar refractivity (Wildman–Crippen MR) is 78.5 cm³/mol. The maximum Gasteiger partial charge on any atom is 0.354 e. The van der Waals surface area contributed by atoms with E-state index in [1.807, 2.05) is 26.0 Å². The minimum atomic E-state index is -1.01. The fourth-order valence-corrected chi connectivity index (χ4v) is 2.25. The lowest BCUT2D eigenvalue weighted by molar-refractivity contribution is -0.138. The molecule has 6 nitrogen and oxygen atoms in total. The molecule has 0 spiro atoms. The molecule has 1 heterocycles. The van der Waals surface area contributed by atoms with Crippen molar-refractivity contribution in [2.45, 2.75) is 33.2 Å². The molecule has 1 atom stereocenters. The Balaban J connectivity index is 2.40. The Morgan fingerprint density at radius 2 is 2.14 bits per heavy atom. The zero-order chi connectivity index (χ0) is 15.6. The van der Waals surface area contributed by atoms with E-state index >= 15 is 0 Å². The first kappa shape index (κ1) is 15.0. The number of anilines is 1. The Hall–Kier alpha value is -2.37. The van der Waals surface area contributed by atoms with E-state index in [0.29, 0.717) is 5.69 Å². The number of carbonyl (C=O) groups excluding carboxylic acids is 1. The van der Waals surface area contributed by atoms with Gasteiger partial charge in [0.2, 0.25) is 0 Å². The molecule has 1 aliphatic rings. The molecule has 6 heteroatoms. The van der Waals surface area contributed by atoms with Crippen LogP contribution in [0, 0.1) is 13.8 Å². The number of carbonyl (C=O) groups is 2. The van der Waals surface area contributed by atoms with Crippen molar-refractivity contribution >= 4 is 23.3 Å². The number of nitrogens with zero attached hydrogens (tertiary/aromatic N) is 2. The van der Waals surface area contributed by atoms with Gasteiger partial charge in [-0.2, -0.15) is 5.10 Å². The average molecular weight is 290 g/mol. The van der Waals surface area contributed by atoms with Gasteiger partial charge in [0.05, 0.1) is 12.3 Å². The molecule has 1 aliphatic heterocycles. The Kier molecular flexibility index (Phi) is 4.26. The third-order valence-corrected chi connectivity index (χ3v) is 3.53. The van der Waals surface area contributed by atoms with Crippen LogP contribution in [0.3, 0.4) is 0 Å². The molecular formula is C15H18N2O4. The highest BCUT2D eigenvalue weighted by Crippen LogP contribution is 2.29. The first-order valence-corrected chi connectivity index (χ1v) is 6.78. The van der Waals surface area contributed by atoms with Crippen molar-refractivity contribution < 1.29 is 19.4 Å². The molecule has 21 heavy (non-hydrogen) atoms. The molecule has 0 bridgehead atoms. The summed E-state index contributed by atoms with van der Waals surface area (Å²) in [5, 5.41) is 14.9. The largest absolute Gasteiger partial charge is 0.480 e. The van der Waals surface area contributed by atoms with Gasteiger partial charge in [0.15, 0.2) is 6.04 Å². The molecule has 0 aliphatic carbocycles. The lowest BCUT2D eigenvalue weighted by atomic mass is 10.1. The summed E-state index contributed by atoms with van der Waals surface area (Å²) in [6.45, 7) is 5.78. The first-order chi connectivity index (χ1) is 9.95. The molecule has 0 saturated carbocycles. The summed E-state index contributed by atoms with van der Waals surface area (Å²) in [5.74, 6) is -1.57. The zero-order valence-corrected chi connectivity index (χ0v) is 12.3. The summed E-state index contributed by atoms with van der Waals surface area (Å²) < 4.78 is 4.90. The minimum Gasteiger partial charge on any atom is -0.480 e. The Bertz CT molecular complexity index is 610. The van der Waals surface area contributed by atoms with Gasteiger partial charge in [0.1, 0.15) is 5.71 Å². The van der Waals surface area contributed by atoms with E-state index < -0.39 is 18.0 Å². The number of ether oxygens (including phenoxy) is 1. The van der Waals surface area contributed by atoms with Gasteiger partial charge in [-0.25, -0.2) is 9.59 Å². The maximum absolute atomic E-state index is 11.8. The van der Waals surface area contributed by atoms with Crippen LogP contribution in [0.15, 0.2) is 23.3 Å². The van der Waals surface area contributed by atoms with Gasteiger partial charge in [0.25, 0.3) is 0 Å². The molecule has 2 rings (SSSR count). The van der Waals surface area contributed by atoms with E-state index in [-0.39, 0.29) is 18.7 Å². The Morgan fingerprint density at radius 3 is 2.76 bits per heavy atom. The molecule has 1 unspecified atom stereocenters. The maximum atomic E-state index is 11.8. The van der Waals surface area contributed by atoms with Crippen LogP contribution in [0.25, 0.3) is 0 Å². The molecule has 0 saturated heterocycles. The second kappa shape index (κ2) is 5.95. The predicted octanol–water partition coefficient (Wildman–Crippen LogP) is 1.89. The molecule has 0 aromatic heterocycles. The summed E-state index contributed by atoms with van der Waals surface area (Å²) in [5.41, 5.74) is 2.82. The number of hydrazone groups is 1. The van der Waals surface area contributed by atoms with Gasteiger partial charge in [-0.3, -0.25) is 5.01 Å². The van der Waals surface area contributed by atoms with Gasteiger partial charge in [-0.05, 0) is 38.0 Å². The smallest absolute Gasteiger partial charge is 0.354 e. The Labute approximate surface area is 123 Å². The van der Waals surface area contributed by atoms with Crippen molar-refractivity contribution in [3.63, 3.8) is 0 Å². The molecule has 0 fully saturated rings. The van der Waals surface area contributed by atoms with Gasteiger partial charge < -0.3 is 9.84 Å². The topological polar surface area (TPSA) is 79.2 Å². The molecule has 0 radical (unpaired) electrons. The van der Waals surface area contributed by atoms with Crippen molar-refractivity contribution in [2.75, 3.05) is 11.6 Å². The second-order valence-electron chi connectivity index (χ2n) is 4.89. The fraction of sp³-hybridized carbons (Fsp3) is 0.400. The monoisotopic (exact) mass is 290 g/mol. The molecule has 1 aromatic rings. The average Bonchev–Trinajstić information content (AvgIpc) is 2.87. The molecule has 112 valence electrons. The molecule has 0 amide bonds. The summed E-state index contributed by atoms with van der Waals surface area (Å²) in [6, 6.07) is 4.70. The molecular weight excluding hydrogens is 272 g/mol. The Morgan fingerprint density at radius 1 is 1.43 bits per heavy atom. The van der Waals surface area contributed by atoms with Crippen LogP contribution in [-0.4, -0.2) is 35.4 Å². The highest BCUT2D eigenvalue weighted by molar-refractivity contribution is 6.38. The van der Waals surface area contributed by atoms with Crippen LogP contribution in [0.1, 0.15) is 24.5 Å². The molecule has 1 N–H and O–H groups in total. The fourth-order valence-electron chi connectivity index (χ4n) is 2.25. The van der Waals surface area contributed by atoms with E-state index in [9.17, 15) is 14.7 Å². The second-order valence-corrected chi connectivity index (χ2v) is 4.89. The van der Waals surface area contributed by atoms with Crippen LogP contribution in [0.5, 0.6) is 0 Å². The summed E-state index contributed by atoms with van der Waals surface area (Å²) in [4.78, 5) is 23.2. The van der Waals surface area contributed by atoms with E-state index in [2.05, 4.69) is 5.10 Å². The van der Waals surface area contributed by atoms with Crippen LogP contribution in [-0.2, 0) is 14.3 Å². The van der Waals surface area contributed by atoms with Gasteiger partial charge in [-0.1, -0.05) is 12.1 Å². The van der Waals surface area contributed by atoms with Crippen LogP contribution < -0.4 is 5.01 Å². The van der Waals surface area contributed by atoms with Crippen molar-refractivity contribution in [2.24, 2.45) is 5.10 Å². The third-order valence-electron chi connectivity index (χ3n) is 3.53. The van der Waals surface area contributed by atoms with E-state index in [1.54, 1.807) is 13.0 Å². The number of hydrogen-bond acceptors (Lipinski definition) is 5.